The van der Waals surface area contributed by atoms with Crippen LogP contribution in [0.1, 0.15) is 40.0 Å². The lowest BCUT2D eigenvalue weighted by atomic mass is 9.80. The zero-order chi connectivity index (χ0) is 15.7. The quantitative estimate of drug-likeness (QED) is 0.855. The smallest absolute Gasteiger partial charge is 0.281 e. The monoisotopic (exact) mass is 317 g/mol. The molecule has 0 spiro atoms. The molecule has 2 saturated heterocycles. The lowest BCUT2D eigenvalue weighted by Gasteiger charge is -2.35. The first-order valence-electron chi connectivity index (χ1n) is 8.15. The summed E-state index contributed by atoms with van der Waals surface area (Å²) in [6, 6.07) is 0. The van der Waals surface area contributed by atoms with Gasteiger partial charge in [-0.25, -0.2) is 0 Å². The second kappa shape index (κ2) is 6.52. The summed E-state index contributed by atoms with van der Waals surface area (Å²) in [5.74, 6) is 0.907. The number of nitrogens with one attached hydrogen (secondary N) is 1. The van der Waals surface area contributed by atoms with E-state index in [0.29, 0.717) is 38.0 Å². The molecule has 124 valence electrons. The van der Waals surface area contributed by atoms with Crippen molar-refractivity contribution < 1.29 is 8.42 Å². The minimum absolute atomic E-state index is 0.181. The average Bonchev–Trinajstić information content (AvgIpc) is 2.89. The van der Waals surface area contributed by atoms with Gasteiger partial charge in [0, 0.05) is 26.2 Å². The first kappa shape index (κ1) is 17.2. The highest BCUT2D eigenvalue weighted by Gasteiger charge is 2.40. The van der Waals surface area contributed by atoms with Crippen molar-refractivity contribution in [1.29, 1.82) is 0 Å². The maximum Gasteiger partial charge on any atom is 0.281 e. The van der Waals surface area contributed by atoms with E-state index in [9.17, 15) is 8.42 Å². The van der Waals surface area contributed by atoms with Gasteiger partial charge >= 0.3 is 0 Å². The molecule has 0 aliphatic carbocycles. The normalized spacial score (nSPS) is 29.9. The van der Waals surface area contributed by atoms with Gasteiger partial charge in [-0.2, -0.15) is 17.0 Å². The Morgan fingerprint density at radius 1 is 1.10 bits per heavy atom. The molecule has 5 nitrogen and oxygen atoms in total. The van der Waals surface area contributed by atoms with E-state index in [-0.39, 0.29) is 5.41 Å². The van der Waals surface area contributed by atoms with Crippen LogP contribution in [0.3, 0.4) is 0 Å². The van der Waals surface area contributed by atoms with Crippen molar-refractivity contribution in [2.24, 2.45) is 17.3 Å². The number of piperidine rings is 1. The zero-order valence-corrected chi connectivity index (χ0v) is 14.7. The summed E-state index contributed by atoms with van der Waals surface area (Å²) in [6.45, 7) is 10.2. The molecule has 6 heteroatoms. The first-order valence-corrected chi connectivity index (χ1v) is 9.54. The second-order valence-corrected chi connectivity index (χ2v) is 9.57. The van der Waals surface area contributed by atoms with Crippen molar-refractivity contribution in [3.63, 3.8) is 0 Å². The van der Waals surface area contributed by atoms with Crippen LogP contribution in [-0.2, 0) is 10.2 Å². The molecule has 2 unspecified atom stereocenters. The third kappa shape index (κ3) is 3.97. The van der Waals surface area contributed by atoms with Gasteiger partial charge < -0.3 is 5.32 Å². The highest BCUT2D eigenvalue weighted by Crippen LogP contribution is 2.35. The highest BCUT2D eigenvalue weighted by atomic mass is 32.2. The van der Waals surface area contributed by atoms with Crippen molar-refractivity contribution >= 4 is 10.2 Å². The fraction of sp³-hybridized carbons (Fsp3) is 1.00. The van der Waals surface area contributed by atoms with Gasteiger partial charge in [-0.3, -0.25) is 0 Å². The Morgan fingerprint density at radius 3 is 2.33 bits per heavy atom. The summed E-state index contributed by atoms with van der Waals surface area (Å²) < 4.78 is 29.1. The minimum Gasteiger partial charge on any atom is -0.319 e. The molecule has 2 rings (SSSR count). The van der Waals surface area contributed by atoms with Gasteiger partial charge in [-0.1, -0.05) is 20.8 Å². The fourth-order valence-electron chi connectivity index (χ4n) is 3.50. The number of rotatable bonds is 4. The van der Waals surface area contributed by atoms with E-state index in [1.54, 1.807) is 8.61 Å². The molecule has 0 aromatic carbocycles. The van der Waals surface area contributed by atoms with E-state index in [0.717, 1.165) is 25.8 Å². The van der Waals surface area contributed by atoms with Crippen molar-refractivity contribution in [2.45, 2.75) is 40.0 Å². The predicted octanol–water partition coefficient (Wildman–Crippen LogP) is 1.53. The first-order chi connectivity index (χ1) is 9.75. The Bertz CT molecular complexity index is 442. The minimum atomic E-state index is -3.27. The SMILES string of the molecule is CNCC1CCCN(S(=O)(=O)N2CCC(C(C)(C)C)C2)C1. The highest BCUT2D eigenvalue weighted by molar-refractivity contribution is 7.86. The third-order valence-electron chi connectivity index (χ3n) is 5.00. The zero-order valence-electron chi connectivity index (χ0n) is 13.9. The van der Waals surface area contributed by atoms with E-state index in [2.05, 4.69) is 26.1 Å². The Hall–Kier alpha value is -0.170. The number of hydrogen-bond donors (Lipinski definition) is 1. The predicted molar refractivity (Wildman–Crippen MR) is 86.3 cm³/mol. The summed E-state index contributed by atoms with van der Waals surface area (Å²) in [5, 5.41) is 3.17. The Labute approximate surface area is 130 Å². The summed E-state index contributed by atoms with van der Waals surface area (Å²) in [4.78, 5) is 0. The Morgan fingerprint density at radius 2 is 1.76 bits per heavy atom. The molecule has 2 heterocycles. The maximum absolute atomic E-state index is 12.8. The topological polar surface area (TPSA) is 52.7 Å². The molecule has 0 aromatic rings. The van der Waals surface area contributed by atoms with Crippen LogP contribution in [0.5, 0.6) is 0 Å². The van der Waals surface area contributed by atoms with Gasteiger partial charge in [0.2, 0.25) is 0 Å². The average molecular weight is 317 g/mol. The lowest BCUT2D eigenvalue weighted by Crippen LogP contribution is -2.48. The molecule has 2 fully saturated rings. The number of nitrogens with zero attached hydrogens (tertiary/aromatic N) is 2. The van der Waals surface area contributed by atoms with Crippen LogP contribution in [0.25, 0.3) is 0 Å². The molecule has 21 heavy (non-hydrogen) atoms. The molecule has 0 saturated carbocycles. The van der Waals surface area contributed by atoms with E-state index < -0.39 is 10.2 Å². The summed E-state index contributed by atoms with van der Waals surface area (Å²) in [7, 11) is -1.33. The van der Waals surface area contributed by atoms with E-state index in [4.69, 9.17) is 0 Å². The van der Waals surface area contributed by atoms with Crippen LogP contribution < -0.4 is 5.32 Å². The van der Waals surface area contributed by atoms with Crippen LogP contribution >= 0.6 is 0 Å². The summed E-state index contributed by atoms with van der Waals surface area (Å²) in [5.41, 5.74) is 0.181. The molecule has 0 radical (unpaired) electrons. The van der Waals surface area contributed by atoms with E-state index in [1.807, 2.05) is 7.05 Å². The van der Waals surface area contributed by atoms with Crippen LogP contribution in [0.2, 0.25) is 0 Å². The third-order valence-corrected chi connectivity index (χ3v) is 6.97. The van der Waals surface area contributed by atoms with Gasteiger partial charge in [-0.15, -0.1) is 0 Å². The molecule has 1 N–H and O–H groups in total. The number of hydrogen-bond acceptors (Lipinski definition) is 3. The maximum atomic E-state index is 12.8. The van der Waals surface area contributed by atoms with Gasteiger partial charge in [0.15, 0.2) is 0 Å². The fourth-order valence-corrected chi connectivity index (χ4v) is 5.29. The van der Waals surface area contributed by atoms with Crippen LogP contribution in [0.4, 0.5) is 0 Å². The standard InChI is InChI=1S/C15H31N3O2S/c1-15(2,3)14-7-9-18(12-14)21(19,20)17-8-5-6-13(11-17)10-16-4/h13-14,16H,5-12H2,1-4H3. The molecule has 2 atom stereocenters. The molecular formula is C15H31N3O2S. The molecule has 2 aliphatic heterocycles. The van der Waals surface area contributed by atoms with Gasteiger partial charge in [-0.05, 0) is 50.1 Å². The van der Waals surface area contributed by atoms with Crippen LogP contribution in [0, 0.1) is 17.3 Å². The van der Waals surface area contributed by atoms with Crippen molar-refractivity contribution in [2.75, 3.05) is 39.8 Å². The van der Waals surface area contributed by atoms with Crippen molar-refractivity contribution in [3.05, 3.63) is 0 Å². The molecule has 0 bridgehead atoms. The van der Waals surface area contributed by atoms with Gasteiger partial charge in [0.05, 0.1) is 0 Å². The summed E-state index contributed by atoms with van der Waals surface area (Å²) >= 11 is 0. The van der Waals surface area contributed by atoms with Crippen LogP contribution in [-0.4, -0.2) is 56.8 Å². The van der Waals surface area contributed by atoms with E-state index in [1.165, 1.54) is 0 Å². The molecular weight excluding hydrogens is 286 g/mol. The Kier molecular flexibility index (Phi) is 5.34. The second-order valence-electron chi connectivity index (χ2n) is 7.64. The van der Waals surface area contributed by atoms with Gasteiger partial charge in [0.1, 0.15) is 0 Å². The lowest BCUT2D eigenvalue weighted by molar-refractivity contribution is 0.234. The van der Waals surface area contributed by atoms with Crippen LogP contribution in [0.15, 0.2) is 0 Å². The summed E-state index contributed by atoms with van der Waals surface area (Å²) in [6.07, 6.45) is 3.08. The van der Waals surface area contributed by atoms with E-state index >= 15 is 0 Å². The van der Waals surface area contributed by atoms with Crippen molar-refractivity contribution in [3.8, 4) is 0 Å². The molecule has 2 aliphatic rings. The van der Waals surface area contributed by atoms with Gasteiger partial charge in [0.25, 0.3) is 10.2 Å². The van der Waals surface area contributed by atoms with Crippen molar-refractivity contribution in [1.82, 2.24) is 13.9 Å². The molecule has 0 aromatic heterocycles. The molecule has 0 amide bonds. The Balaban J connectivity index is 2.02. The largest absolute Gasteiger partial charge is 0.319 e.